The Morgan fingerprint density at radius 3 is 2.64 bits per heavy atom. The molecule has 0 saturated carbocycles. The van der Waals surface area contributed by atoms with Crippen molar-refractivity contribution in [3.05, 3.63) is 58.7 Å². The van der Waals surface area contributed by atoms with Crippen LogP contribution in [-0.4, -0.2) is 55.1 Å². The Morgan fingerprint density at radius 2 is 1.93 bits per heavy atom. The molecule has 1 amide bonds. The first kappa shape index (κ1) is 19.0. The number of nitrogens with zero attached hydrogens (tertiary/aromatic N) is 3. The van der Waals surface area contributed by atoms with Crippen LogP contribution in [0.2, 0.25) is 0 Å². The summed E-state index contributed by atoms with van der Waals surface area (Å²) in [4.78, 5) is 23.0. The van der Waals surface area contributed by atoms with Crippen molar-refractivity contribution in [1.29, 1.82) is 0 Å². The third-order valence-electron chi connectivity index (χ3n) is 4.74. The van der Waals surface area contributed by atoms with E-state index in [9.17, 15) is 9.18 Å². The van der Waals surface area contributed by atoms with E-state index in [1.807, 2.05) is 29.6 Å². The first-order chi connectivity index (χ1) is 13.7. The lowest BCUT2D eigenvalue weighted by molar-refractivity contribution is 0.0951. The Kier molecular flexibility index (Phi) is 5.99. The van der Waals surface area contributed by atoms with Crippen LogP contribution in [0.4, 0.5) is 10.1 Å². The summed E-state index contributed by atoms with van der Waals surface area (Å²) in [6, 6.07) is 10.6. The van der Waals surface area contributed by atoms with Crippen LogP contribution in [0, 0.1) is 5.82 Å². The van der Waals surface area contributed by atoms with Crippen LogP contribution in [0.25, 0.3) is 9.88 Å². The van der Waals surface area contributed by atoms with E-state index in [4.69, 9.17) is 0 Å². The maximum atomic E-state index is 13.1. The number of aromatic nitrogens is 1. The van der Waals surface area contributed by atoms with Gasteiger partial charge in [0.25, 0.3) is 5.91 Å². The van der Waals surface area contributed by atoms with Crippen LogP contribution < -0.4 is 10.2 Å². The molecule has 3 aromatic rings. The molecule has 1 saturated heterocycles. The summed E-state index contributed by atoms with van der Waals surface area (Å²) in [6.07, 6.45) is 1.65. The quantitative estimate of drug-likeness (QED) is 0.668. The van der Waals surface area contributed by atoms with Gasteiger partial charge in [0.2, 0.25) is 0 Å². The molecule has 146 valence electrons. The van der Waals surface area contributed by atoms with Gasteiger partial charge in [-0.15, -0.1) is 22.7 Å². The number of thiophene rings is 1. The molecule has 2 aromatic heterocycles. The van der Waals surface area contributed by atoms with Crippen molar-refractivity contribution in [2.75, 3.05) is 44.2 Å². The van der Waals surface area contributed by atoms with Gasteiger partial charge in [0.15, 0.2) is 0 Å². The molecule has 28 heavy (non-hydrogen) atoms. The number of carbonyl (C=O) groups excluding carboxylic acids is 1. The molecule has 5 nitrogen and oxygen atoms in total. The Bertz CT molecular complexity index is 903. The van der Waals surface area contributed by atoms with Gasteiger partial charge < -0.3 is 10.2 Å². The van der Waals surface area contributed by atoms with Gasteiger partial charge in [0.05, 0.1) is 11.1 Å². The van der Waals surface area contributed by atoms with Gasteiger partial charge in [0.1, 0.15) is 15.7 Å². The molecule has 0 atom stereocenters. The van der Waals surface area contributed by atoms with E-state index in [0.717, 1.165) is 48.3 Å². The fraction of sp³-hybridized carbons (Fsp3) is 0.300. The van der Waals surface area contributed by atoms with Gasteiger partial charge in [-0.05, 0) is 35.7 Å². The minimum Gasteiger partial charge on any atom is -0.369 e. The predicted molar refractivity (Wildman–Crippen MR) is 113 cm³/mol. The van der Waals surface area contributed by atoms with Gasteiger partial charge in [-0.3, -0.25) is 9.69 Å². The zero-order valence-corrected chi connectivity index (χ0v) is 16.9. The highest BCUT2D eigenvalue weighted by Gasteiger charge is 2.18. The van der Waals surface area contributed by atoms with Gasteiger partial charge in [-0.25, -0.2) is 9.37 Å². The first-order valence-electron chi connectivity index (χ1n) is 9.20. The van der Waals surface area contributed by atoms with Crippen molar-refractivity contribution in [2.24, 2.45) is 0 Å². The minimum absolute atomic E-state index is 0.0646. The molecule has 0 unspecified atom stereocenters. The molecule has 8 heteroatoms. The van der Waals surface area contributed by atoms with Crippen LogP contribution in [-0.2, 0) is 0 Å². The smallest absolute Gasteiger partial charge is 0.263 e. The molecule has 1 aliphatic rings. The zero-order valence-electron chi connectivity index (χ0n) is 15.3. The minimum atomic E-state index is -0.207. The number of anilines is 1. The third-order valence-corrected chi connectivity index (χ3v) is 6.77. The Morgan fingerprint density at radius 1 is 1.14 bits per heavy atom. The summed E-state index contributed by atoms with van der Waals surface area (Å²) in [5.41, 5.74) is 1.06. The van der Waals surface area contributed by atoms with Crippen molar-refractivity contribution in [2.45, 2.75) is 0 Å². The third kappa shape index (κ3) is 4.57. The number of carbonyl (C=O) groups is 1. The van der Waals surface area contributed by atoms with E-state index in [-0.39, 0.29) is 11.7 Å². The summed E-state index contributed by atoms with van der Waals surface area (Å²) in [5, 5.41) is 5.88. The van der Waals surface area contributed by atoms with Crippen molar-refractivity contribution < 1.29 is 9.18 Å². The Balaban J connectivity index is 1.21. The van der Waals surface area contributed by atoms with Crippen molar-refractivity contribution in [1.82, 2.24) is 15.2 Å². The van der Waals surface area contributed by atoms with Crippen molar-refractivity contribution in [3.63, 3.8) is 0 Å². The number of hydrogen-bond acceptors (Lipinski definition) is 6. The lowest BCUT2D eigenvalue weighted by atomic mass is 10.2. The number of amides is 1. The second-order valence-electron chi connectivity index (χ2n) is 6.57. The van der Waals surface area contributed by atoms with Crippen LogP contribution in [0.3, 0.4) is 0 Å². The average molecular weight is 417 g/mol. The SMILES string of the molecule is O=C(NCCN1CCN(c2ccc(F)cc2)CC1)c1cnc(-c2cccs2)s1. The van der Waals surface area contributed by atoms with Crippen LogP contribution in [0.15, 0.2) is 48.0 Å². The number of thiazole rings is 1. The van der Waals surface area contributed by atoms with Gasteiger partial charge in [0, 0.05) is 45.0 Å². The molecule has 0 bridgehead atoms. The highest BCUT2D eigenvalue weighted by atomic mass is 32.1. The van der Waals surface area contributed by atoms with Crippen molar-refractivity contribution >= 4 is 34.3 Å². The summed E-state index contributed by atoms with van der Waals surface area (Å²) >= 11 is 3.05. The molecular weight excluding hydrogens is 395 g/mol. The molecule has 0 aliphatic carbocycles. The number of rotatable bonds is 6. The molecular formula is C20H21FN4OS2. The van der Waals surface area contributed by atoms with E-state index in [2.05, 4.69) is 20.1 Å². The molecule has 1 N–H and O–H groups in total. The van der Waals surface area contributed by atoms with E-state index in [0.29, 0.717) is 11.4 Å². The van der Waals surface area contributed by atoms with Crippen molar-refractivity contribution in [3.8, 4) is 9.88 Å². The largest absolute Gasteiger partial charge is 0.369 e. The maximum absolute atomic E-state index is 13.1. The summed E-state index contributed by atoms with van der Waals surface area (Å²) in [6.45, 7) is 5.09. The van der Waals surface area contributed by atoms with E-state index in [1.54, 1.807) is 17.5 Å². The normalized spacial score (nSPS) is 15.0. The number of piperazine rings is 1. The number of halogens is 1. The molecule has 0 radical (unpaired) electrons. The Hall–Kier alpha value is -2.29. The standard InChI is InChI=1S/C20H21FN4OS2/c21-15-3-5-16(6-4-15)25-11-9-24(10-12-25)8-7-22-19(26)18-14-23-20(28-18)17-2-1-13-27-17/h1-6,13-14H,7-12H2,(H,22,26). The van der Waals surface area contributed by atoms with Gasteiger partial charge >= 0.3 is 0 Å². The molecule has 4 rings (SSSR count). The highest BCUT2D eigenvalue weighted by Crippen LogP contribution is 2.28. The van der Waals surface area contributed by atoms with Gasteiger partial charge in [-0.2, -0.15) is 0 Å². The Labute approximate surface area is 171 Å². The first-order valence-corrected chi connectivity index (χ1v) is 10.9. The monoisotopic (exact) mass is 416 g/mol. The van der Waals surface area contributed by atoms with E-state index in [1.165, 1.54) is 23.5 Å². The fourth-order valence-electron chi connectivity index (χ4n) is 3.19. The van der Waals surface area contributed by atoms with Crippen LogP contribution in [0.5, 0.6) is 0 Å². The molecule has 3 heterocycles. The number of hydrogen-bond donors (Lipinski definition) is 1. The molecule has 1 fully saturated rings. The topological polar surface area (TPSA) is 48.5 Å². The number of nitrogens with one attached hydrogen (secondary N) is 1. The molecule has 1 aliphatic heterocycles. The lowest BCUT2D eigenvalue weighted by Gasteiger charge is -2.36. The maximum Gasteiger partial charge on any atom is 0.263 e. The fourth-order valence-corrected chi connectivity index (χ4v) is 4.83. The summed E-state index contributed by atoms with van der Waals surface area (Å²) in [7, 11) is 0. The molecule has 0 spiro atoms. The summed E-state index contributed by atoms with van der Waals surface area (Å²) in [5.74, 6) is -0.271. The van der Waals surface area contributed by atoms with Gasteiger partial charge in [-0.1, -0.05) is 6.07 Å². The predicted octanol–water partition coefficient (Wildman–Crippen LogP) is 3.56. The van der Waals surface area contributed by atoms with Crippen LogP contribution >= 0.6 is 22.7 Å². The second-order valence-corrected chi connectivity index (χ2v) is 8.55. The van der Waals surface area contributed by atoms with E-state index < -0.39 is 0 Å². The number of benzene rings is 1. The highest BCUT2D eigenvalue weighted by molar-refractivity contribution is 7.21. The molecule has 1 aromatic carbocycles. The van der Waals surface area contributed by atoms with E-state index >= 15 is 0 Å². The lowest BCUT2D eigenvalue weighted by Crippen LogP contribution is -2.48. The summed E-state index contributed by atoms with van der Waals surface area (Å²) < 4.78 is 13.1. The van der Waals surface area contributed by atoms with Crippen LogP contribution in [0.1, 0.15) is 9.67 Å². The zero-order chi connectivity index (χ0) is 19.3. The second kappa shape index (κ2) is 8.81. The average Bonchev–Trinajstić information content (AvgIpc) is 3.41.